The molecule has 0 aliphatic carbocycles. The molecule has 0 fully saturated rings. The summed E-state index contributed by atoms with van der Waals surface area (Å²) in [6, 6.07) is 60.6. The van der Waals surface area contributed by atoms with Gasteiger partial charge < -0.3 is 9.32 Å². The monoisotopic (exact) mass is 619 g/mol. The number of fused-ring (bicyclic) bond motifs is 2. The van der Waals surface area contributed by atoms with Crippen LogP contribution in [0.2, 0.25) is 0 Å². The fourth-order valence-electron chi connectivity index (χ4n) is 6.95. The van der Waals surface area contributed by atoms with Gasteiger partial charge in [0.1, 0.15) is 11.3 Å². The van der Waals surface area contributed by atoms with Crippen LogP contribution in [0.25, 0.3) is 55.3 Å². The lowest BCUT2D eigenvalue weighted by atomic mass is 9.83. The molecule has 1 heterocycles. The maximum absolute atomic E-state index is 6.62. The third-order valence-electron chi connectivity index (χ3n) is 9.15. The molecular formula is C46H37NO. The quantitative estimate of drug-likeness (QED) is 0.184. The Morgan fingerprint density at radius 2 is 1.02 bits per heavy atom. The van der Waals surface area contributed by atoms with Crippen LogP contribution >= 0.6 is 0 Å². The summed E-state index contributed by atoms with van der Waals surface area (Å²) >= 11 is 0. The molecule has 0 aliphatic heterocycles. The lowest BCUT2D eigenvalue weighted by Gasteiger charge is -2.27. The first-order chi connectivity index (χ1) is 23.4. The first-order valence-corrected chi connectivity index (χ1v) is 16.6. The largest absolute Gasteiger partial charge is 0.456 e. The van der Waals surface area contributed by atoms with Crippen LogP contribution in [-0.2, 0) is 5.41 Å². The number of hydrogen-bond acceptors (Lipinski definition) is 2. The molecule has 0 unspecified atom stereocenters. The molecule has 0 saturated heterocycles. The zero-order valence-electron chi connectivity index (χ0n) is 27.5. The van der Waals surface area contributed by atoms with Crippen molar-refractivity contribution < 1.29 is 4.42 Å². The molecule has 0 saturated carbocycles. The predicted molar refractivity (Wildman–Crippen MR) is 203 cm³/mol. The molecule has 8 aromatic rings. The van der Waals surface area contributed by atoms with Gasteiger partial charge in [-0.25, -0.2) is 0 Å². The molecule has 0 spiro atoms. The van der Waals surface area contributed by atoms with Crippen LogP contribution < -0.4 is 4.90 Å². The fourth-order valence-corrected chi connectivity index (χ4v) is 6.95. The molecule has 2 nitrogen and oxygen atoms in total. The highest BCUT2D eigenvalue weighted by Crippen LogP contribution is 2.44. The van der Waals surface area contributed by atoms with Crippen LogP contribution in [0.4, 0.5) is 17.1 Å². The Morgan fingerprint density at radius 1 is 0.438 bits per heavy atom. The molecule has 0 atom stereocenters. The fraction of sp³-hybridized carbons (Fsp3) is 0.0870. The molecule has 0 N–H and O–H groups in total. The van der Waals surface area contributed by atoms with Crippen LogP contribution in [0.3, 0.4) is 0 Å². The molecule has 0 radical (unpaired) electrons. The molecule has 7 aromatic carbocycles. The third-order valence-corrected chi connectivity index (χ3v) is 9.15. The van der Waals surface area contributed by atoms with Crippen molar-refractivity contribution >= 4 is 38.8 Å². The second-order valence-corrected chi connectivity index (χ2v) is 13.4. The average Bonchev–Trinajstić information content (AvgIpc) is 3.54. The standard InChI is InChI=1S/C46H37NO/c1-46(2,3)44-42-23-9-10-25-43(42)48-45(44)36-19-12-21-39(31-36)47(38-20-11-18-35(30-38)32-14-5-4-6-15-32)37-28-26-34(27-29-37)41-24-13-17-33-16-7-8-22-40(33)41/h4-31H,1-3H3. The van der Waals surface area contributed by atoms with Crippen LogP contribution in [0.15, 0.2) is 174 Å². The maximum Gasteiger partial charge on any atom is 0.139 e. The SMILES string of the molecule is CC(C)(C)c1c(-c2cccc(N(c3ccc(-c4cccc5ccccc45)cc3)c3cccc(-c4ccccc4)c3)c2)oc2ccccc12. The first-order valence-electron chi connectivity index (χ1n) is 16.6. The summed E-state index contributed by atoms with van der Waals surface area (Å²) in [6.45, 7) is 6.78. The number of para-hydroxylation sites is 1. The van der Waals surface area contributed by atoms with Crippen LogP contribution in [0.5, 0.6) is 0 Å². The molecule has 8 rings (SSSR count). The van der Waals surface area contributed by atoms with Gasteiger partial charge in [0.25, 0.3) is 0 Å². The minimum Gasteiger partial charge on any atom is -0.456 e. The minimum atomic E-state index is -0.0981. The highest BCUT2D eigenvalue weighted by molar-refractivity contribution is 5.97. The Hall–Kier alpha value is -5.86. The van der Waals surface area contributed by atoms with E-state index in [9.17, 15) is 0 Å². The summed E-state index contributed by atoms with van der Waals surface area (Å²) in [5.41, 5.74) is 11.1. The van der Waals surface area contributed by atoms with Gasteiger partial charge in [0.15, 0.2) is 0 Å². The highest BCUT2D eigenvalue weighted by atomic mass is 16.3. The number of furan rings is 1. The van der Waals surface area contributed by atoms with E-state index in [1.165, 1.54) is 44.0 Å². The Balaban J connectivity index is 1.28. The van der Waals surface area contributed by atoms with Crippen LogP contribution in [-0.4, -0.2) is 0 Å². The molecule has 232 valence electrons. The van der Waals surface area contributed by atoms with Gasteiger partial charge in [-0.05, 0) is 80.9 Å². The van der Waals surface area contributed by atoms with Crippen molar-refractivity contribution in [3.8, 4) is 33.6 Å². The predicted octanol–water partition coefficient (Wildman–Crippen LogP) is 13.4. The Kier molecular flexibility index (Phi) is 7.42. The van der Waals surface area contributed by atoms with E-state index in [1.807, 2.05) is 6.07 Å². The van der Waals surface area contributed by atoms with E-state index in [1.54, 1.807) is 0 Å². The second kappa shape index (κ2) is 12.1. The van der Waals surface area contributed by atoms with E-state index in [0.29, 0.717) is 0 Å². The van der Waals surface area contributed by atoms with Gasteiger partial charge in [-0.15, -0.1) is 0 Å². The third kappa shape index (κ3) is 5.46. The van der Waals surface area contributed by atoms with Gasteiger partial charge in [-0.3, -0.25) is 0 Å². The van der Waals surface area contributed by atoms with Crippen molar-refractivity contribution in [2.45, 2.75) is 26.2 Å². The van der Waals surface area contributed by atoms with Crippen molar-refractivity contribution in [3.05, 3.63) is 175 Å². The van der Waals surface area contributed by atoms with Gasteiger partial charge >= 0.3 is 0 Å². The Morgan fingerprint density at radius 3 is 1.77 bits per heavy atom. The summed E-state index contributed by atoms with van der Waals surface area (Å²) in [4.78, 5) is 2.35. The van der Waals surface area contributed by atoms with Gasteiger partial charge in [0.2, 0.25) is 0 Å². The second-order valence-electron chi connectivity index (χ2n) is 13.4. The lowest BCUT2D eigenvalue weighted by Crippen LogP contribution is -2.12. The summed E-state index contributed by atoms with van der Waals surface area (Å²) in [7, 11) is 0. The van der Waals surface area contributed by atoms with Crippen molar-refractivity contribution in [3.63, 3.8) is 0 Å². The van der Waals surface area contributed by atoms with Gasteiger partial charge in [0, 0.05) is 33.6 Å². The van der Waals surface area contributed by atoms with E-state index in [2.05, 4.69) is 189 Å². The lowest BCUT2D eigenvalue weighted by molar-refractivity contribution is 0.568. The average molecular weight is 620 g/mol. The molecule has 0 aliphatic rings. The number of rotatable bonds is 6. The van der Waals surface area contributed by atoms with Crippen molar-refractivity contribution in [1.29, 1.82) is 0 Å². The zero-order chi connectivity index (χ0) is 32.7. The molecule has 0 amide bonds. The Labute approximate surface area is 282 Å². The topological polar surface area (TPSA) is 16.4 Å². The van der Waals surface area contributed by atoms with Gasteiger partial charge in [-0.1, -0.05) is 148 Å². The van der Waals surface area contributed by atoms with Gasteiger partial charge in [-0.2, -0.15) is 0 Å². The van der Waals surface area contributed by atoms with Crippen molar-refractivity contribution in [2.24, 2.45) is 0 Å². The van der Waals surface area contributed by atoms with Gasteiger partial charge in [0.05, 0.1) is 0 Å². The van der Waals surface area contributed by atoms with Crippen molar-refractivity contribution in [1.82, 2.24) is 0 Å². The van der Waals surface area contributed by atoms with E-state index >= 15 is 0 Å². The minimum absolute atomic E-state index is 0.0981. The summed E-state index contributed by atoms with van der Waals surface area (Å²) in [5.74, 6) is 0.926. The number of anilines is 3. The zero-order valence-corrected chi connectivity index (χ0v) is 27.5. The molecular weight excluding hydrogens is 583 g/mol. The van der Waals surface area contributed by atoms with E-state index < -0.39 is 0 Å². The smallest absolute Gasteiger partial charge is 0.139 e. The molecule has 1 aromatic heterocycles. The highest BCUT2D eigenvalue weighted by Gasteiger charge is 2.26. The number of hydrogen-bond donors (Lipinski definition) is 0. The summed E-state index contributed by atoms with van der Waals surface area (Å²) in [5, 5.41) is 3.67. The number of benzene rings is 7. The van der Waals surface area contributed by atoms with Crippen LogP contribution in [0.1, 0.15) is 26.3 Å². The summed E-state index contributed by atoms with van der Waals surface area (Å²) < 4.78 is 6.62. The van der Waals surface area contributed by atoms with Crippen molar-refractivity contribution in [2.75, 3.05) is 4.90 Å². The van der Waals surface area contributed by atoms with E-state index in [-0.39, 0.29) is 5.41 Å². The summed E-state index contributed by atoms with van der Waals surface area (Å²) in [6.07, 6.45) is 0. The number of nitrogens with zero attached hydrogens (tertiary/aromatic N) is 1. The molecule has 48 heavy (non-hydrogen) atoms. The normalized spacial score (nSPS) is 11.6. The molecule has 2 heteroatoms. The van der Waals surface area contributed by atoms with E-state index in [0.717, 1.165) is 34.0 Å². The van der Waals surface area contributed by atoms with Crippen LogP contribution in [0, 0.1) is 0 Å². The Bertz CT molecular complexity index is 2370. The van der Waals surface area contributed by atoms with E-state index in [4.69, 9.17) is 4.42 Å². The first kappa shape index (κ1) is 29.5. The molecule has 0 bridgehead atoms. The maximum atomic E-state index is 6.62.